The maximum atomic E-state index is 12.8. The molecule has 7 heteroatoms. The average Bonchev–Trinajstić information content (AvgIpc) is 3.20. The van der Waals surface area contributed by atoms with Crippen molar-refractivity contribution in [2.75, 3.05) is 0 Å². The Kier molecular flexibility index (Phi) is 3.64. The van der Waals surface area contributed by atoms with Crippen LogP contribution in [0.1, 0.15) is 33.3 Å². The van der Waals surface area contributed by atoms with Gasteiger partial charge in [-0.1, -0.05) is 36.4 Å². The molecule has 2 aromatic carbocycles. The Morgan fingerprint density at radius 1 is 0.966 bits per heavy atom. The second kappa shape index (κ2) is 5.81. The first-order valence-corrected chi connectivity index (χ1v) is 9.61. The molecule has 1 fully saturated rings. The lowest BCUT2D eigenvalue weighted by Gasteiger charge is -2.32. The van der Waals surface area contributed by atoms with Crippen molar-refractivity contribution in [3.05, 3.63) is 64.7 Å². The molecular formula is C22H21BN2O4. The normalized spacial score (nSPS) is 19.7. The predicted octanol–water partition coefficient (Wildman–Crippen LogP) is 2.14. The summed E-state index contributed by atoms with van der Waals surface area (Å²) >= 11 is 0. The molecule has 146 valence electrons. The molecular weight excluding hydrogens is 367 g/mol. The zero-order chi connectivity index (χ0) is 20.6. The number of hydrogen-bond acceptors (Lipinski definition) is 4. The molecule has 0 atom stereocenters. The van der Waals surface area contributed by atoms with Gasteiger partial charge < -0.3 is 18.9 Å². The molecule has 2 aliphatic rings. The third-order valence-electron chi connectivity index (χ3n) is 6.20. The van der Waals surface area contributed by atoms with Crippen LogP contribution >= 0.6 is 0 Å². The van der Waals surface area contributed by atoms with Crippen LogP contribution in [0.3, 0.4) is 0 Å². The fourth-order valence-electron chi connectivity index (χ4n) is 3.93. The van der Waals surface area contributed by atoms with E-state index in [0.29, 0.717) is 21.7 Å². The molecule has 3 heterocycles. The Labute approximate surface area is 168 Å². The summed E-state index contributed by atoms with van der Waals surface area (Å²) in [5.74, 6) is -0.432. The molecule has 0 bridgehead atoms. The lowest BCUT2D eigenvalue weighted by Crippen LogP contribution is -2.41. The Morgan fingerprint density at radius 3 is 2.31 bits per heavy atom. The van der Waals surface area contributed by atoms with Crippen molar-refractivity contribution in [3.63, 3.8) is 0 Å². The number of aromatic nitrogens is 1. The van der Waals surface area contributed by atoms with Gasteiger partial charge in [-0.3, -0.25) is 4.79 Å². The SMILES string of the molecule is CC1(C)OB(n2c(O)c(C3=c4ccccc4=NC3=O)c3ccccc32)OC1(C)C. The largest absolute Gasteiger partial charge is 0.601 e. The predicted molar refractivity (Wildman–Crippen MR) is 110 cm³/mol. The van der Waals surface area contributed by atoms with Crippen LogP contribution in [0.25, 0.3) is 16.5 Å². The number of amides is 1. The van der Waals surface area contributed by atoms with E-state index in [4.69, 9.17) is 9.31 Å². The highest BCUT2D eigenvalue weighted by Crippen LogP contribution is 2.42. The number of carbonyl (C=O) groups excluding carboxylic acids is 1. The van der Waals surface area contributed by atoms with Crippen LogP contribution in [-0.4, -0.2) is 33.9 Å². The molecule has 6 nitrogen and oxygen atoms in total. The molecule has 0 unspecified atom stereocenters. The monoisotopic (exact) mass is 388 g/mol. The van der Waals surface area contributed by atoms with Gasteiger partial charge in [-0.2, -0.15) is 0 Å². The van der Waals surface area contributed by atoms with Crippen LogP contribution in [0.15, 0.2) is 53.5 Å². The van der Waals surface area contributed by atoms with Gasteiger partial charge in [0, 0.05) is 16.1 Å². The fraction of sp³-hybridized carbons (Fsp3) is 0.273. The Bertz CT molecular complexity index is 1290. The lowest BCUT2D eigenvalue weighted by molar-refractivity contribution is -0.112. The van der Waals surface area contributed by atoms with Crippen molar-refractivity contribution in [3.8, 4) is 5.88 Å². The number of para-hydroxylation sites is 2. The first-order chi connectivity index (χ1) is 13.7. The molecule has 0 radical (unpaired) electrons. The van der Waals surface area contributed by atoms with Crippen molar-refractivity contribution in [2.24, 2.45) is 4.99 Å². The molecule has 2 aliphatic heterocycles. The van der Waals surface area contributed by atoms with Crippen molar-refractivity contribution in [2.45, 2.75) is 38.9 Å². The molecule has 1 aromatic heterocycles. The molecule has 29 heavy (non-hydrogen) atoms. The average molecular weight is 388 g/mol. The van der Waals surface area contributed by atoms with E-state index < -0.39 is 18.5 Å². The summed E-state index contributed by atoms with van der Waals surface area (Å²) in [5.41, 5.74) is 0.448. The summed E-state index contributed by atoms with van der Waals surface area (Å²) in [6.45, 7) is 7.84. The number of carbonyl (C=O) groups is 1. The minimum absolute atomic E-state index is 0.0695. The van der Waals surface area contributed by atoms with E-state index in [0.717, 1.165) is 10.9 Å². The van der Waals surface area contributed by atoms with Crippen LogP contribution in [0.2, 0.25) is 0 Å². The fourth-order valence-corrected chi connectivity index (χ4v) is 3.93. The minimum Gasteiger partial charge on any atom is -0.495 e. The van der Waals surface area contributed by atoms with Crippen molar-refractivity contribution in [1.29, 1.82) is 0 Å². The van der Waals surface area contributed by atoms with Crippen molar-refractivity contribution >= 4 is 29.6 Å². The molecule has 3 aromatic rings. The zero-order valence-electron chi connectivity index (χ0n) is 16.8. The summed E-state index contributed by atoms with van der Waals surface area (Å²) < 4.78 is 14.0. The van der Waals surface area contributed by atoms with Crippen LogP contribution in [-0.2, 0) is 14.1 Å². The number of hydrogen-bond donors (Lipinski definition) is 1. The summed E-state index contributed by atoms with van der Waals surface area (Å²) in [7, 11) is -0.817. The van der Waals surface area contributed by atoms with Crippen LogP contribution < -0.4 is 10.6 Å². The van der Waals surface area contributed by atoms with Gasteiger partial charge in [0.15, 0.2) is 5.88 Å². The Hall–Kier alpha value is -2.90. The quantitative estimate of drug-likeness (QED) is 0.683. The standard InChI is InChI=1S/C22H21BN2O4/c1-21(2)22(3,4)29-23(28-21)25-16-12-8-6-10-14(16)18(20(25)27)17-13-9-5-7-11-15(13)24-19(17)26/h5-12,27H,1-4H3. The number of benzene rings is 2. The van der Waals surface area contributed by atoms with Crippen molar-refractivity contribution < 1.29 is 19.2 Å². The van der Waals surface area contributed by atoms with E-state index in [1.807, 2.05) is 70.2 Å². The van der Waals surface area contributed by atoms with E-state index in [9.17, 15) is 9.90 Å². The van der Waals surface area contributed by atoms with Crippen LogP contribution in [0, 0.1) is 0 Å². The van der Waals surface area contributed by atoms with E-state index in [-0.39, 0.29) is 11.8 Å². The minimum atomic E-state index is -0.817. The van der Waals surface area contributed by atoms with E-state index in [1.54, 1.807) is 10.5 Å². The highest BCUT2D eigenvalue weighted by atomic mass is 16.7. The molecule has 5 rings (SSSR count). The van der Waals surface area contributed by atoms with Gasteiger partial charge in [-0.15, -0.1) is 0 Å². The maximum absolute atomic E-state index is 12.8. The third-order valence-corrected chi connectivity index (χ3v) is 6.20. The summed E-state index contributed by atoms with van der Waals surface area (Å²) in [4.78, 5) is 16.9. The molecule has 0 spiro atoms. The van der Waals surface area contributed by atoms with Gasteiger partial charge in [0.2, 0.25) is 0 Å². The third kappa shape index (κ3) is 2.44. The van der Waals surface area contributed by atoms with Crippen molar-refractivity contribution in [1.82, 2.24) is 4.48 Å². The number of fused-ring (bicyclic) bond motifs is 2. The second-order valence-electron chi connectivity index (χ2n) is 8.46. The number of rotatable bonds is 2. The summed E-state index contributed by atoms with van der Waals surface area (Å²) in [5, 5.41) is 13.4. The first kappa shape index (κ1) is 18.2. The van der Waals surface area contributed by atoms with E-state index in [2.05, 4.69) is 4.99 Å². The molecule has 0 aliphatic carbocycles. The maximum Gasteiger partial charge on any atom is 0.601 e. The van der Waals surface area contributed by atoms with Crippen LogP contribution in [0.4, 0.5) is 0 Å². The first-order valence-electron chi connectivity index (χ1n) is 9.61. The van der Waals surface area contributed by atoms with Gasteiger partial charge in [-0.25, -0.2) is 4.99 Å². The van der Waals surface area contributed by atoms with Gasteiger partial charge in [-0.05, 0) is 39.8 Å². The Morgan fingerprint density at radius 2 is 1.59 bits per heavy atom. The van der Waals surface area contributed by atoms with E-state index in [1.165, 1.54) is 0 Å². The summed E-state index contributed by atoms with van der Waals surface area (Å²) in [6, 6.07) is 14.9. The van der Waals surface area contributed by atoms with Gasteiger partial charge in [0.1, 0.15) is 0 Å². The van der Waals surface area contributed by atoms with Gasteiger partial charge in [0.25, 0.3) is 5.91 Å². The highest BCUT2D eigenvalue weighted by Gasteiger charge is 2.54. The topological polar surface area (TPSA) is 73.0 Å². The van der Waals surface area contributed by atoms with Gasteiger partial charge in [0.05, 0.1) is 27.7 Å². The second-order valence-corrected chi connectivity index (χ2v) is 8.46. The zero-order valence-corrected chi connectivity index (χ0v) is 16.8. The smallest absolute Gasteiger partial charge is 0.495 e. The van der Waals surface area contributed by atoms with Gasteiger partial charge >= 0.3 is 7.25 Å². The molecule has 1 saturated heterocycles. The lowest BCUT2D eigenvalue weighted by atomic mass is 9.90. The molecule has 1 N–H and O–H groups in total. The highest BCUT2D eigenvalue weighted by molar-refractivity contribution is 6.46. The van der Waals surface area contributed by atoms with Crippen LogP contribution in [0.5, 0.6) is 5.88 Å². The molecule has 1 amide bonds. The number of aromatic hydroxyl groups is 1. The van der Waals surface area contributed by atoms with E-state index >= 15 is 0 Å². The molecule has 0 saturated carbocycles. The number of nitrogens with zero attached hydrogens (tertiary/aromatic N) is 2. The summed E-state index contributed by atoms with van der Waals surface area (Å²) in [6.07, 6.45) is 0. The Balaban J connectivity index is 1.81.